The molecule has 0 aromatic rings. The van der Waals surface area contributed by atoms with Gasteiger partial charge in [0.1, 0.15) is 10.7 Å². The van der Waals surface area contributed by atoms with Crippen LogP contribution in [0.4, 0.5) is 0 Å². The van der Waals surface area contributed by atoms with Gasteiger partial charge in [-0.15, -0.1) is 0 Å². The lowest BCUT2D eigenvalue weighted by molar-refractivity contribution is 0.304. The molecule has 0 rings (SSSR count). The van der Waals surface area contributed by atoms with E-state index in [9.17, 15) is 8.42 Å². The number of hydrogen-bond acceptors (Lipinski definition) is 3. The summed E-state index contributed by atoms with van der Waals surface area (Å²) < 4.78 is 27.7. The molecule has 0 fully saturated rings. The van der Waals surface area contributed by atoms with E-state index in [1.54, 1.807) is 18.0 Å². The second kappa shape index (κ2) is 6.03. The fourth-order valence-electron chi connectivity index (χ4n) is 0.726. The Bertz CT molecular complexity index is 352. The van der Waals surface area contributed by atoms with Crippen molar-refractivity contribution in [2.75, 3.05) is 12.9 Å². The van der Waals surface area contributed by atoms with Crippen LogP contribution in [0.5, 0.6) is 0 Å². The third-order valence-electron chi connectivity index (χ3n) is 1.57. The molecule has 0 aromatic carbocycles. The maximum Gasteiger partial charge on any atom is 0.181 e. The summed E-state index contributed by atoms with van der Waals surface area (Å²) in [5, 5.41) is 0. The van der Waals surface area contributed by atoms with E-state index >= 15 is 0 Å². The van der Waals surface area contributed by atoms with Crippen LogP contribution in [0.2, 0.25) is 0 Å². The lowest BCUT2D eigenvalue weighted by Gasteiger charge is -2.08. The number of allylic oxidation sites excluding steroid dienone is 2. The molecule has 0 aliphatic carbocycles. The van der Waals surface area contributed by atoms with Crippen molar-refractivity contribution in [3.63, 3.8) is 0 Å². The molecule has 0 aromatic heterocycles. The molecule has 0 N–H and O–H groups in total. The van der Waals surface area contributed by atoms with Gasteiger partial charge in [0, 0.05) is 0 Å². The van der Waals surface area contributed by atoms with Crippen LogP contribution in [-0.2, 0) is 14.6 Å². The Morgan fingerprint density at radius 3 is 2.50 bits per heavy atom. The van der Waals surface area contributed by atoms with Gasteiger partial charge in [-0.1, -0.05) is 35.5 Å². The van der Waals surface area contributed by atoms with Gasteiger partial charge in [-0.3, -0.25) is 0 Å². The lowest BCUT2D eigenvalue weighted by Crippen LogP contribution is -2.08. The predicted octanol–water partition coefficient (Wildman–Crippen LogP) is 2.37. The molecule has 0 aliphatic rings. The molecule has 3 nitrogen and oxygen atoms in total. The zero-order valence-electron chi connectivity index (χ0n) is 8.16. The summed E-state index contributed by atoms with van der Waals surface area (Å²) in [6.45, 7) is 5.05. The summed E-state index contributed by atoms with van der Waals surface area (Å²) in [4.78, 5) is 1.60. The first-order valence-electron chi connectivity index (χ1n) is 3.92. The minimum Gasteiger partial charge on any atom is -0.495 e. The van der Waals surface area contributed by atoms with Crippen molar-refractivity contribution in [2.24, 2.45) is 0 Å². The molecule has 0 spiro atoms. The smallest absolute Gasteiger partial charge is 0.181 e. The fourth-order valence-corrected chi connectivity index (χ4v) is 1.69. The molecule has 0 amide bonds. The summed E-state index contributed by atoms with van der Waals surface area (Å²) in [6, 6.07) is 0. The van der Waals surface area contributed by atoms with Crippen LogP contribution in [0.1, 0.15) is 6.92 Å². The Kier molecular flexibility index (Phi) is 5.79. The first-order valence-corrected chi connectivity index (χ1v) is 6.49. The van der Waals surface area contributed by atoms with Crippen molar-refractivity contribution < 1.29 is 13.2 Å². The third kappa shape index (κ3) is 3.67. The Morgan fingerprint density at radius 1 is 1.57 bits per heavy atom. The molecule has 0 atom stereocenters. The largest absolute Gasteiger partial charge is 0.495 e. The van der Waals surface area contributed by atoms with Crippen LogP contribution in [0.3, 0.4) is 0 Å². The molecule has 0 saturated heterocycles. The van der Waals surface area contributed by atoms with Crippen molar-refractivity contribution in [3.05, 3.63) is 34.4 Å². The Labute approximate surface area is 93.2 Å². The van der Waals surface area contributed by atoms with Gasteiger partial charge in [-0.2, -0.15) is 0 Å². The molecular weight excluding hydrogens is 268 g/mol. The van der Waals surface area contributed by atoms with Crippen LogP contribution in [0.15, 0.2) is 34.4 Å². The zero-order chi connectivity index (χ0) is 11.2. The second-order valence-corrected chi connectivity index (χ2v) is 5.21. The number of methoxy groups -OCH3 is 1. The average molecular weight is 281 g/mol. The topological polar surface area (TPSA) is 43.4 Å². The highest BCUT2D eigenvalue weighted by atomic mass is 79.9. The standard InChI is InChI=1S/C9H13BrO3S/c1-4-14(11,12)8(2)9(13-3)6-5-7-10/h5-7H,2,4H2,1,3H3/b7-5+,9-6+. The lowest BCUT2D eigenvalue weighted by atomic mass is 10.4. The summed E-state index contributed by atoms with van der Waals surface area (Å²) in [7, 11) is -1.87. The van der Waals surface area contributed by atoms with Crippen molar-refractivity contribution in [3.8, 4) is 0 Å². The highest BCUT2D eigenvalue weighted by Crippen LogP contribution is 2.16. The van der Waals surface area contributed by atoms with Crippen molar-refractivity contribution in [1.82, 2.24) is 0 Å². The van der Waals surface area contributed by atoms with E-state index in [2.05, 4.69) is 22.5 Å². The maximum absolute atomic E-state index is 11.4. The van der Waals surface area contributed by atoms with Crippen LogP contribution < -0.4 is 0 Å². The first kappa shape index (κ1) is 13.4. The van der Waals surface area contributed by atoms with Crippen molar-refractivity contribution in [2.45, 2.75) is 6.92 Å². The van der Waals surface area contributed by atoms with E-state index in [-0.39, 0.29) is 16.4 Å². The van der Waals surface area contributed by atoms with Crippen molar-refractivity contribution in [1.29, 1.82) is 0 Å². The van der Waals surface area contributed by atoms with Gasteiger partial charge < -0.3 is 4.74 Å². The maximum atomic E-state index is 11.4. The van der Waals surface area contributed by atoms with E-state index in [1.807, 2.05) is 0 Å². The molecule has 5 heteroatoms. The van der Waals surface area contributed by atoms with Gasteiger partial charge in [-0.25, -0.2) is 8.42 Å². The molecule has 0 saturated carbocycles. The highest BCUT2D eigenvalue weighted by Gasteiger charge is 2.17. The molecule has 14 heavy (non-hydrogen) atoms. The normalized spacial score (nSPS) is 13.2. The number of rotatable bonds is 5. The minimum absolute atomic E-state index is 0.00750. The highest BCUT2D eigenvalue weighted by molar-refractivity contribution is 9.11. The molecule has 0 bridgehead atoms. The van der Waals surface area contributed by atoms with Gasteiger partial charge >= 0.3 is 0 Å². The van der Waals surface area contributed by atoms with Gasteiger partial charge in [0.2, 0.25) is 0 Å². The molecule has 0 radical (unpaired) electrons. The van der Waals surface area contributed by atoms with Crippen LogP contribution in [-0.4, -0.2) is 21.3 Å². The van der Waals surface area contributed by atoms with Gasteiger partial charge in [0.15, 0.2) is 9.84 Å². The SMILES string of the molecule is C=C(/C(=C\C=C\Br)OC)S(=O)(=O)CC. The molecular formula is C9H13BrO3S. The third-order valence-corrected chi connectivity index (χ3v) is 3.59. The van der Waals surface area contributed by atoms with Gasteiger partial charge in [0.25, 0.3) is 0 Å². The minimum atomic E-state index is -3.28. The average Bonchev–Trinajstić information content (AvgIpc) is 2.18. The summed E-state index contributed by atoms with van der Waals surface area (Å²) in [5.74, 6) is 0.271. The molecule has 0 heterocycles. The Balaban J connectivity index is 5.00. The second-order valence-electron chi connectivity index (χ2n) is 2.38. The van der Waals surface area contributed by atoms with Crippen LogP contribution in [0.25, 0.3) is 0 Å². The fraction of sp³-hybridized carbons (Fsp3) is 0.333. The summed E-state index contributed by atoms with van der Waals surface area (Å²) in [5.41, 5.74) is 0. The summed E-state index contributed by atoms with van der Waals surface area (Å²) in [6.07, 6.45) is 3.15. The number of hydrogen-bond donors (Lipinski definition) is 0. The zero-order valence-corrected chi connectivity index (χ0v) is 10.6. The molecule has 0 aliphatic heterocycles. The van der Waals surface area contributed by atoms with Crippen LogP contribution in [0, 0.1) is 0 Å². The van der Waals surface area contributed by atoms with E-state index in [0.717, 1.165) is 0 Å². The monoisotopic (exact) mass is 280 g/mol. The van der Waals surface area contributed by atoms with Crippen molar-refractivity contribution >= 4 is 25.8 Å². The van der Waals surface area contributed by atoms with Crippen LogP contribution >= 0.6 is 15.9 Å². The van der Waals surface area contributed by atoms with E-state index < -0.39 is 9.84 Å². The number of ether oxygens (including phenoxy) is 1. The quantitative estimate of drug-likeness (QED) is 0.574. The Morgan fingerprint density at radius 2 is 2.14 bits per heavy atom. The molecule has 80 valence electrons. The van der Waals surface area contributed by atoms with Gasteiger partial charge in [-0.05, 0) is 11.1 Å². The summed E-state index contributed by atoms with van der Waals surface area (Å²) >= 11 is 3.06. The van der Waals surface area contributed by atoms with E-state index in [4.69, 9.17) is 4.74 Å². The number of sulfone groups is 1. The Hall–Kier alpha value is -0.550. The van der Waals surface area contributed by atoms with E-state index in [1.165, 1.54) is 13.2 Å². The number of halogens is 1. The molecule has 0 unspecified atom stereocenters. The predicted molar refractivity (Wildman–Crippen MR) is 61.8 cm³/mol. The first-order chi connectivity index (χ1) is 6.49. The van der Waals surface area contributed by atoms with E-state index in [0.29, 0.717) is 0 Å². The van der Waals surface area contributed by atoms with Gasteiger partial charge in [0.05, 0.1) is 12.9 Å².